The zero-order valence-corrected chi connectivity index (χ0v) is 13.3. The number of aromatic nitrogens is 4. The average Bonchev–Trinajstić information content (AvgIpc) is 3.22. The van der Waals surface area contributed by atoms with Crippen molar-refractivity contribution in [2.45, 2.75) is 32.0 Å². The summed E-state index contributed by atoms with van der Waals surface area (Å²) in [4.78, 5) is 8.77. The van der Waals surface area contributed by atoms with Gasteiger partial charge in [0.05, 0.1) is 12.2 Å². The number of nitrogens with zero attached hydrogens (tertiary/aromatic N) is 4. The molecule has 0 radical (unpaired) electrons. The minimum atomic E-state index is -0.229. The highest BCUT2D eigenvalue weighted by atomic mass is 32.1. The van der Waals surface area contributed by atoms with Gasteiger partial charge in [0.1, 0.15) is 23.0 Å². The molecule has 2 aromatic heterocycles. The van der Waals surface area contributed by atoms with Gasteiger partial charge in [-0.25, -0.2) is 19.0 Å². The fourth-order valence-corrected chi connectivity index (χ4v) is 3.65. The van der Waals surface area contributed by atoms with Crippen LogP contribution in [0.25, 0.3) is 10.6 Å². The van der Waals surface area contributed by atoms with Crippen molar-refractivity contribution in [1.29, 1.82) is 0 Å². The Balaban J connectivity index is 1.40. The molecule has 0 bridgehead atoms. The van der Waals surface area contributed by atoms with E-state index in [2.05, 4.69) is 20.4 Å². The van der Waals surface area contributed by atoms with Crippen LogP contribution in [0.1, 0.15) is 17.9 Å². The molecule has 0 spiro atoms. The van der Waals surface area contributed by atoms with E-state index in [4.69, 9.17) is 0 Å². The molecule has 0 saturated carbocycles. The molecule has 1 aliphatic rings. The van der Waals surface area contributed by atoms with Gasteiger partial charge in [0.2, 0.25) is 0 Å². The molecule has 1 aliphatic heterocycles. The van der Waals surface area contributed by atoms with Gasteiger partial charge in [-0.2, -0.15) is 5.10 Å². The van der Waals surface area contributed by atoms with Crippen LogP contribution >= 0.6 is 11.3 Å². The first-order valence-electron chi connectivity index (χ1n) is 7.59. The van der Waals surface area contributed by atoms with Crippen molar-refractivity contribution in [1.82, 2.24) is 25.1 Å². The summed E-state index contributed by atoms with van der Waals surface area (Å²) in [5.41, 5.74) is 1.51. The molecule has 1 N–H and O–H groups in total. The van der Waals surface area contributed by atoms with Crippen molar-refractivity contribution < 1.29 is 4.39 Å². The molecule has 0 fully saturated rings. The third kappa shape index (κ3) is 3.02. The number of nitrogens with one attached hydrogen (secondary N) is 1. The number of halogens is 1. The maximum absolute atomic E-state index is 13.8. The molecule has 0 saturated heterocycles. The highest BCUT2D eigenvalue weighted by Crippen LogP contribution is 2.26. The molecule has 1 aromatic carbocycles. The molecule has 0 unspecified atom stereocenters. The van der Waals surface area contributed by atoms with Crippen LogP contribution in [-0.2, 0) is 19.5 Å². The quantitative estimate of drug-likeness (QED) is 0.799. The molecule has 23 heavy (non-hydrogen) atoms. The maximum atomic E-state index is 13.8. The second-order valence-corrected chi connectivity index (χ2v) is 6.46. The van der Waals surface area contributed by atoms with E-state index in [1.165, 1.54) is 17.4 Å². The van der Waals surface area contributed by atoms with E-state index in [9.17, 15) is 4.39 Å². The zero-order valence-electron chi connectivity index (χ0n) is 12.4. The van der Waals surface area contributed by atoms with Crippen LogP contribution in [0.15, 0.2) is 36.0 Å². The molecule has 1 atom stereocenters. The Morgan fingerprint density at radius 1 is 1.35 bits per heavy atom. The van der Waals surface area contributed by atoms with E-state index in [1.807, 2.05) is 16.1 Å². The van der Waals surface area contributed by atoms with Gasteiger partial charge in [-0.3, -0.25) is 0 Å². The molecule has 4 rings (SSSR count). The van der Waals surface area contributed by atoms with Crippen LogP contribution in [-0.4, -0.2) is 25.8 Å². The topological polar surface area (TPSA) is 55.6 Å². The number of thiazole rings is 1. The fourth-order valence-electron chi connectivity index (χ4n) is 2.80. The number of fused-ring (bicyclic) bond motifs is 1. The smallest absolute Gasteiger partial charge is 0.138 e. The molecule has 7 heteroatoms. The summed E-state index contributed by atoms with van der Waals surface area (Å²) >= 11 is 1.47. The lowest BCUT2D eigenvalue weighted by molar-refractivity contribution is 0.357. The number of rotatable bonds is 4. The van der Waals surface area contributed by atoms with Crippen LogP contribution in [0.4, 0.5) is 4.39 Å². The number of aryl methyl sites for hydroxylation is 1. The van der Waals surface area contributed by atoms with E-state index in [0.29, 0.717) is 18.2 Å². The second kappa shape index (κ2) is 6.17. The Bertz CT molecular complexity index is 812. The van der Waals surface area contributed by atoms with Crippen LogP contribution in [0.5, 0.6) is 0 Å². The summed E-state index contributed by atoms with van der Waals surface area (Å²) in [6, 6.07) is 7.11. The normalized spacial score (nSPS) is 17.2. The van der Waals surface area contributed by atoms with Gasteiger partial charge in [-0.15, -0.1) is 11.3 Å². The third-order valence-electron chi connectivity index (χ3n) is 4.03. The molecule has 5 nitrogen and oxygen atoms in total. The van der Waals surface area contributed by atoms with Gasteiger partial charge in [-0.05, 0) is 18.6 Å². The molecule has 3 aromatic rings. The van der Waals surface area contributed by atoms with E-state index >= 15 is 0 Å². The maximum Gasteiger partial charge on any atom is 0.138 e. The SMILES string of the molecule is Fc1ccccc1-c1nc(CN[C@H]2CCc3ncnn3C2)cs1. The van der Waals surface area contributed by atoms with Crippen molar-refractivity contribution in [2.75, 3.05) is 0 Å². The van der Waals surface area contributed by atoms with Crippen LogP contribution in [0, 0.1) is 5.82 Å². The van der Waals surface area contributed by atoms with Crippen molar-refractivity contribution in [3.8, 4) is 10.6 Å². The second-order valence-electron chi connectivity index (χ2n) is 5.60. The largest absolute Gasteiger partial charge is 0.306 e. The molecular formula is C16H16FN5S. The number of hydrogen-bond donors (Lipinski definition) is 1. The van der Waals surface area contributed by atoms with Crippen molar-refractivity contribution in [2.24, 2.45) is 0 Å². The summed E-state index contributed by atoms with van der Waals surface area (Å²) in [7, 11) is 0. The zero-order chi connectivity index (χ0) is 15.6. The minimum absolute atomic E-state index is 0.229. The summed E-state index contributed by atoms with van der Waals surface area (Å²) in [5.74, 6) is 0.825. The highest BCUT2D eigenvalue weighted by Gasteiger charge is 2.19. The molecular weight excluding hydrogens is 313 g/mol. The van der Waals surface area contributed by atoms with Crippen LogP contribution < -0.4 is 5.32 Å². The predicted molar refractivity (Wildman–Crippen MR) is 86.5 cm³/mol. The van der Waals surface area contributed by atoms with E-state index in [0.717, 1.165) is 35.9 Å². The Labute approximate surface area is 137 Å². The van der Waals surface area contributed by atoms with Gasteiger partial charge in [0.25, 0.3) is 0 Å². The van der Waals surface area contributed by atoms with Crippen molar-refractivity contribution in [3.05, 3.63) is 53.3 Å². The lowest BCUT2D eigenvalue weighted by Crippen LogP contribution is -2.37. The standard InChI is InChI=1S/C16H16FN5S/c17-14-4-2-1-3-13(14)16-21-12(9-23-16)7-18-11-5-6-15-19-10-20-22(15)8-11/h1-4,9-11,18H,5-8H2/t11-/m0/s1. The molecule has 0 amide bonds. The first kappa shape index (κ1) is 14.5. The predicted octanol–water partition coefficient (Wildman–Crippen LogP) is 2.65. The van der Waals surface area contributed by atoms with Gasteiger partial charge < -0.3 is 5.32 Å². The number of benzene rings is 1. The van der Waals surface area contributed by atoms with Crippen LogP contribution in [0.3, 0.4) is 0 Å². The molecule has 118 valence electrons. The lowest BCUT2D eigenvalue weighted by Gasteiger charge is -2.23. The minimum Gasteiger partial charge on any atom is -0.306 e. The Kier molecular flexibility index (Phi) is 3.88. The number of hydrogen-bond acceptors (Lipinski definition) is 5. The highest BCUT2D eigenvalue weighted by molar-refractivity contribution is 7.13. The van der Waals surface area contributed by atoms with Gasteiger partial charge in [0.15, 0.2) is 0 Å². The average molecular weight is 329 g/mol. The monoisotopic (exact) mass is 329 g/mol. The Morgan fingerprint density at radius 2 is 2.26 bits per heavy atom. The van der Waals surface area contributed by atoms with Gasteiger partial charge in [0, 0.05) is 30.0 Å². The Hall–Kier alpha value is -2.12. The molecule has 0 aliphatic carbocycles. The van der Waals surface area contributed by atoms with Gasteiger partial charge >= 0.3 is 0 Å². The summed E-state index contributed by atoms with van der Waals surface area (Å²) < 4.78 is 15.8. The first-order chi connectivity index (χ1) is 11.3. The fraction of sp³-hybridized carbons (Fsp3) is 0.312. The Morgan fingerprint density at radius 3 is 3.17 bits per heavy atom. The first-order valence-corrected chi connectivity index (χ1v) is 8.47. The summed E-state index contributed by atoms with van der Waals surface area (Å²) in [5, 5.41) is 10.4. The molecule has 3 heterocycles. The van der Waals surface area contributed by atoms with Crippen molar-refractivity contribution >= 4 is 11.3 Å². The van der Waals surface area contributed by atoms with E-state index in [1.54, 1.807) is 18.5 Å². The van der Waals surface area contributed by atoms with Crippen molar-refractivity contribution in [3.63, 3.8) is 0 Å². The van der Waals surface area contributed by atoms with E-state index in [-0.39, 0.29) is 5.82 Å². The van der Waals surface area contributed by atoms with E-state index < -0.39 is 0 Å². The van der Waals surface area contributed by atoms with Crippen LogP contribution in [0.2, 0.25) is 0 Å². The van der Waals surface area contributed by atoms with Gasteiger partial charge in [-0.1, -0.05) is 12.1 Å². The summed E-state index contributed by atoms with van der Waals surface area (Å²) in [6.45, 7) is 1.51. The summed E-state index contributed by atoms with van der Waals surface area (Å²) in [6.07, 6.45) is 3.59. The lowest BCUT2D eigenvalue weighted by atomic mass is 10.1. The third-order valence-corrected chi connectivity index (χ3v) is 4.96.